The van der Waals surface area contributed by atoms with Crippen LogP contribution in [0.15, 0.2) is 30.3 Å². The average molecular weight is 257 g/mol. The Morgan fingerprint density at radius 3 is 3.05 bits per heavy atom. The van der Waals surface area contributed by atoms with Gasteiger partial charge in [-0.2, -0.15) is 0 Å². The first kappa shape index (κ1) is 12.6. The van der Waals surface area contributed by atoms with Crippen molar-refractivity contribution in [3.8, 4) is 0 Å². The normalized spacial score (nSPS) is 20.8. The minimum absolute atomic E-state index is 0.405. The van der Waals surface area contributed by atoms with Gasteiger partial charge in [0, 0.05) is 24.3 Å². The van der Waals surface area contributed by atoms with Crippen LogP contribution < -0.4 is 0 Å². The third-order valence-corrected chi connectivity index (χ3v) is 3.82. The predicted molar refractivity (Wildman–Crippen MR) is 75.0 cm³/mol. The summed E-state index contributed by atoms with van der Waals surface area (Å²) in [4.78, 5) is 4.48. The van der Waals surface area contributed by atoms with E-state index in [-0.39, 0.29) is 0 Å². The molecule has 1 aromatic carbocycles. The van der Waals surface area contributed by atoms with Gasteiger partial charge in [0.05, 0.1) is 11.6 Å². The highest BCUT2D eigenvalue weighted by Crippen LogP contribution is 2.28. The van der Waals surface area contributed by atoms with Crippen LogP contribution in [0.4, 0.5) is 0 Å². The Balaban J connectivity index is 1.81. The molecule has 3 nitrogen and oxygen atoms in total. The molecule has 100 valence electrons. The number of rotatable bonds is 3. The van der Waals surface area contributed by atoms with E-state index < -0.39 is 6.10 Å². The number of pyridine rings is 1. The molecule has 0 amide bonds. The third-order valence-electron chi connectivity index (χ3n) is 3.82. The Kier molecular flexibility index (Phi) is 3.49. The van der Waals surface area contributed by atoms with E-state index in [1.807, 2.05) is 31.2 Å². The molecule has 1 N–H and O–H groups in total. The second kappa shape index (κ2) is 5.27. The van der Waals surface area contributed by atoms with Crippen molar-refractivity contribution in [1.29, 1.82) is 0 Å². The first-order chi connectivity index (χ1) is 9.22. The fourth-order valence-corrected chi connectivity index (χ4v) is 2.67. The van der Waals surface area contributed by atoms with Crippen molar-refractivity contribution in [2.24, 2.45) is 5.92 Å². The summed E-state index contributed by atoms with van der Waals surface area (Å²) in [6.07, 6.45) is 1.44. The van der Waals surface area contributed by atoms with Crippen LogP contribution in [0.2, 0.25) is 0 Å². The zero-order valence-electron chi connectivity index (χ0n) is 11.2. The second-order valence-electron chi connectivity index (χ2n) is 5.39. The van der Waals surface area contributed by atoms with E-state index >= 15 is 0 Å². The van der Waals surface area contributed by atoms with Gasteiger partial charge < -0.3 is 9.84 Å². The van der Waals surface area contributed by atoms with Gasteiger partial charge in [-0.1, -0.05) is 12.1 Å². The first-order valence-electron chi connectivity index (χ1n) is 6.85. The van der Waals surface area contributed by atoms with Crippen LogP contribution in [-0.2, 0) is 4.74 Å². The lowest BCUT2D eigenvalue weighted by Crippen LogP contribution is -2.07. The molecule has 2 heterocycles. The Hall–Kier alpha value is -1.45. The average Bonchev–Trinajstić information content (AvgIpc) is 2.91. The number of nitrogens with zero attached hydrogens (tertiary/aromatic N) is 1. The van der Waals surface area contributed by atoms with E-state index in [0.29, 0.717) is 5.92 Å². The van der Waals surface area contributed by atoms with Gasteiger partial charge in [-0.05, 0) is 49.4 Å². The molecule has 1 aliphatic rings. The fraction of sp³-hybridized carbons (Fsp3) is 0.438. The summed E-state index contributed by atoms with van der Waals surface area (Å²) in [5.74, 6) is 0.488. The number of hydrogen-bond donors (Lipinski definition) is 1. The lowest BCUT2D eigenvalue weighted by molar-refractivity contribution is 0.130. The van der Waals surface area contributed by atoms with Crippen molar-refractivity contribution in [2.75, 3.05) is 13.2 Å². The monoisotopic (exact) mass is 257 g/mol. The van der Waals surface area contributed by atoms with E-state index in [1.54, 1.807) is 0 Å². The Labute approximate surface area is 113 Å². The molecule has 1 aromatic heterocycles. The summed E-state index contributed by atoms with van der Waals surface area (Å²) in [6.45, 7) is 3.60. The van der Waals surface area contributed by atoms with Gasteiger partial charge in [0.2, 0.25) is 0 Å². The molecule has 0 radical (unpaired) electrons. The minimum Gasteiger partial charge on any atom is -0.388 e. The SMILES string of the molecule is Cc1ccc2cc(C(O)CC3CCOC3)ccc2n1. The topological polar surface area (TPSA) is 42.4 Å². The van der Waals surface area contributed by atoms with Gasteiger partial charge >= 0.3 is 0 Å². The molecular formula is C16H19NO2. The molecule has 0 spiro atoms. The minimum atomic E-state index is -0.405. The zero-order chi connectivity index (χ0) is 13.2. The number of aromatic nitrogens is 1. The largest absolute Gasteiger partial charge is 0.388 e. The summed E-state index contributed by atoms with van der Waals surface area (Å²) in [6, 6.07) is 10.1. The molecule has 2 unspecified atom stereocenters. The molecule has 0 bridgehead atoms. The quantitative estimate of drug-likeness (QED) is 0.919. The van der Waals surface area contributed by atoms with Gasteiger partial charge in [0.25, 0.3) is 0 Å². The van der Waals surface area contributed by atoms with Crippen molar-refractivity contribution in [1.82, 2.24) is 4.98 Å². The Bertz CT molecular complexity index is 576. The predicted octanol–water partition coefficient (Wildman–Crippen LogP) is 3.00. The van der Waals surface area contributed by atoms with Crippen molar-refractivity contribution in [3.05, 3.63) is 41.6 Å². The molecule has 3 rings (SSSR count). The van der Waals surface area contributed by atoms with Crippen LogP contribution in [0.25, 0.3) is 10.9 Å². The molecule has 19 heavy (non-hydrogen) atoms. The van der Waals surface area contributed by atoms with Crippen LogP contribution in [0.1, 0.15) is 30.2 Å². The summed E-state index contributed by atoms with van der Waals surface area (Å²) in [7, 11) is 0. The second-order valence-corrected chi connectivity index (χ2v) is 5.39. The molecular weight excluding hydrogens is 238 g/mol. The fourth-order valence-electron chi connectivity index (χ4n) is 2.67. The zero-order valence-corrected chi connectivity index (χ0v) is 11.2. The number of aliphatic hydroxyl groups is 1. The van der Waals surface area contributed by atoms with Gasteiger partial charge in [-0.15, -0.1) is 0 Å². The van der Waals surface area contributed by atoms with Crippen LogP contribution in [0, 0.1) is 12.8 Å². The highest BCUT2D eigenvalue weighted by atomic mass is 16.5. The Morgan fingerprint density at radius 1 is 1.37 bits per heavy atom. The number of hydrogen-bond acceptors (Lipinski definition) is 3. The Morgan fingerprint density at radius 2 is 2.26 bits per heavy atom. The molecule has 0 saturated carbocycles. The van der Waals surface area contributed by atoms with Crippen LogP contribution in [0.3, 0.4) is 0 Å². The van der Waals surface area contributed by atoms with Gasteiger partial charge in [-0.3, -0.25) is 4.98 Å². The van der Waals surface area contributed by atoms with Crippen molar-refractivity contribution >= 4 is 10.9 Å². The van der Waals surface area contributed by atoms with E-state index in [2.05, 4.69) is 11.1 Å². The maximum Gasteiger partial charge on any atom is 0.0793 e. The lowest BCUT2D eigenvalue weighted by Gasteiger charge is -2.15. The number of aliphatic hydroxyl groups excluding tert-OH is 1. The van der Waals surface area contributed by atoms with Gasteiger partial charge in [0.1, 0.15) is 0 Å². The summed E-state index contributed by atoms with van der Waals surface area (Å²) in [5, 5.41) is 11.4. The van der Waals surface area contributed by atoms with E-state index in [4.69, 9.17) is 4.74 Å². The molecule has 1 saturated heterocycles. The maximum absolute atomic E-state index is 10.3. The van der Waals surface area contributed by atoms with Gasteiger partial charge in [-0.25, -0.2) is 0 Å². The molecule has 0 aliphatic carbocycles. The molecule has 2 atom stereocenters. The molecule has 3 heteroatoms. The highest BCUT2D eigenvalue weighted by Gasteiger charge is 2.20. The number of fused-ring (bicyclic) bond motifs is 1. The van der Waals surface area contributed by atoms with E-state index in [0.717, 1.165) is 48.2 Å². The maximum atomic E-state index is 10.3. The molecule has 1 fully saturated rings. The van der Waals surface area contributed by atoms with E-state index in [1.165, 1.54) is 0 Å². The summed E-state index contributed by atoms with van der Waals surface area (Å²) < 4.78 is 5.36. The number of ether oxygens (including phenoxy) is 1. The van der Waals surface area contributed by atoms with E-state index in [9.17, 15) is 5.11 Å². The van der Waals surface area contributed by atoms with Crippen LogP contribution >= 0.6 is 0 Å². The summed E-state index contributed by atoms with van der Waals surface area (Å²) >= 11 is 0. The standard InChI is InChI=1S/C16H19NO2/c1-11-2-3-13-9-14(4-5-15(13)17-11)16(18)8-12-6-7-19-10-12/h2-5,9,12,16,18H,6-8,10H2,1H3. The van der Waals surface area contributed by atoms with Gasteiger partial charge in [0.15, 0.2) is 0 Å². The van der Waals surface area contributed by atoms with Crippen molar-refractivity contribution in [2.45, 2.75) is 25.9 Å². The third kappa shape index (κ3) is 2.77. The highest BCUT2D eigenvalue weighted by molar-refractivity contribution is 5.79. The molecule has 2 aromatic rings. The van der Waals surface area contributed by atoms with Crippen LogP contribution in [0.5, 0.6) is 0 Å². The lowest BCUT2D eigenvalue weighted by atomic mass is 9.95. The van der Waals surface area contributed by atoms with Crippen molar-refractivity contribution < 1.29 is 9.84 Å². The number of aryl methyl sites for hydroxylation is 1. The summed E-state index contributed by atoms with van der Waals surface area (Å²) in [5.41, 5.74) is 2.98. The van der Waals surface area contributed by atoms with Crippen molar-refractivity contribution in [3.63, 3.8) is 0 Å². The first-order valence-corrected chi connectivity index (χ1v) is 6.85. The molecule has 1 aliphatic heterocycles. The number of benzene rings is 1. The smallest absolute Gasteiger partial charge is 0.0793 e. The van der Waals surface area contributed by atoms with Crippen LogP contribution in [-0.4, -0.2) is 23.3 Å².